The molecule has 0 radical (unpaired) electrons. The number of benzene rings is 1. The van der Waals surface area contributed by atoms with Crippen molar-refractivity contribution in [1.29, 1.82) is 0 Å². The molecule has 41 heavy (non-hydrogen) atoms. The number of aryl methyl sites for hydroxylation is 1. The molecule has 3 atom stereocenters. The van der Waals surface area contributed by atoms with Gasteiger partial charge in [-0.15, -0.1) is 0 Å². The second-order valence-corrected chi connectivity index (χ2v) is 11.1. The number of aliphatic hydroxyl groups excluding tert-OH is 1. The maximum atomic E-state index is 15.0. The van der Waals surface area contributed by atoms with Crippen LogP contribution in [0.25, 0.3) is 22.3 Å². The fourth-order valence-electron chi connectivity index (χ4n) is 6.79. The molecule has 1 unspecified atom stereocenters. The standard InChI is InChI=1S/C29H27F4N3O5/c1-4-28(41)16-9-20-24-15(11-36(20)26(39)14(16)6-8-21(28)37)23-19(35(3)27(40)25(38)29(31,32)33)7-5-13-12(2)17(30)10-18(34-24)22(13)23/h9-10,19,25,38,41H,4-8,11H2,1-3H3/t19-,25?,28-/m0/s1. The zero-order valence-electron chi connectivity index (χ0n) is 22.5. The van der Waals surface area contributed by atoms with Crippen LogP contribution in [-0.2, 0) is 34.6 Å². The van der Waals surface area contributed by atoms with Crippen molar-refractivity contribution in [2.75, 3.05) is 7.05 Å². The van der Waals surface area contributed by atoms with Crippen molar-refractivity contribution in [2.24, 2.45) is 0 Å². The summed E-state index contributed by atoms with van der Waals surface area (Å²) in [6, 6.07) is 1.85. The Labute approximate surface area is 231 Å². The van der Waals surface area contributed by atoms with Gasteiger partial charge in [0.1, 0.15) is 11.4 Å². The van der Waals surface area contributed by atoms with E-state index in [1.807, 2.05) is 0 Å². The van der Waals surface area contributed by atoms with E-state index in [1.165, 1.54) is 17.7 Å². The summed E-state index contributed by atoms with van der Waals surface area (Å²) in [7, 11) is 1.18. The molecule has 12 heteroatoms. The lowest BCUT2D eigenvalue weighted by Crippen LogP contribution is -2.46. The maximum absolute atomic E-state index is 15.0. The number of fused-ring (bicyclic) bond motifs is 5. The van der Waals surface area contributed by atoms with Gasteiger partial charge in [0.2, 0.25) is 6.10 Å². The van der Waals surface area contributed by atoms with Gasteiger partial charge in [0, 0.05) is 41.6 Å². The smallest absolute Gasteiger partial charge is 0.377 e. The zero-order valence-corrected chi connectivity index (χ0v) is 22.5. The highest BCUT2D eigenvalue weighted by molar-refractivity contribution is 5.94. The van der Waals surface area contributed by atoms with Gasteiger partial charge in [0.25, 0.3) is 11.5 Å². The molecule has 0 fully saturated rings. The number of amides is 1. The van der Waals surface area contributed by atoms with E-state index in [0.717, 1.165) is 4.90 Å². The zero-order chi connectivity index (χ0) is 29.8. The van der Waals surface area contributed by atoms with Crippen LogP contribution >= 0.6 is 0 Å². The highest BCUT2D eigenvalue weighted by atomic mass is 19.4. The Morgan fingerprint density at radius 3 is 2.56 bits per heavy atom. The topological polar surface area (TPSA) is 113 Å². The Kier molecular flexibility index (Phi) is 5.99. The van der Waals surface area contributed by atoms with Crippen LogP contribution in [0.5, 0.6) is 0 Å². The van der Waals surface area contributed by atoms with Gasteiger partial charge < -0.3 is 19.7 Å². The van der Waals surface area contributed by atoms with E-state index < -0.39 is 47.0 Å². The normalized spacial score (nSPS) is 21.9. The second kappa shape index (κ2) is 8.93. The van der Waals surface area contributed by atoms with Crippen LogP contribution in [0.4, 0.5) is 17.6 Å². The van der Waals surface area contributed by atoms with Crippen LogP contribution in [0.3, 0.4) is 0 Å². The SMILES string of the molecule is CC[C@@]1(O)C(=O)CCc2c1cc1n(c2=O)Cc2c-1nc1cc(F)c(C)c3c1c2[C@@H](N(C)C(=O)C(O)C(F)(F)F)CC3. The van der Waals surface area contributed by atoms with Crippen molar-refractivity contribution in [3.05, 3.63) is 61.7 Å². The summed E-state index contributed by atoms with van der Waals surface area (Å²) in [5, 5.41) is 21.5. The van der Waals surface area contributed by atoms with Crippen LogP contribution in [0.15, 0.2) is 16.9 Å². The number of carbonyl (C=O) groups is 2. The first kappa shape index (κ1) is 27.5. The fraction of sp³-hybridized carbons (Fsp3) is 0.448. The number of halogens is 4. The molecule has 216 valence electrons. The molecule has 1 aromatic carbocycles. The van der Waals surface area contributed by atoms with Crippen LogP contribution < -0.4 is 5.56 Å². The number of alkyl halides is 3. The number of hydrogen-bond donors (Lipinski definition) is 2. The van der Waals surface area contributed by atoms with E-state index in [9.17, 15) is 37.8 Å². The molecular weight excluding hydrogens is 546 g/mol. The molecule has 0 spiro atoms. The van der Waals surface area contributed by atoms with Crippen LogP contribution in [0.1, 0.15) is 65.6 Å². The number of ketones is 1. The molecule has 3 aliphatic rings. The van der Waals surface area contributed by atoms with E-state index in [0.29, 0.717) is 38.9 Å². The highest BCUT2D eigenvalue weighted by Gasteiger charge is 2.48. The first-order valence-electron chi connectivity index (χ1n) is 13.4. The molecule has 1 amide bonds. The summed E-state index contributed by atoms with van der Waals surface area (Å²) in [6.07, 6.45) is -7.77. The first-order chi connectivity index (χ1) is 19.2. The quantitative estimate of drug-likeness (QED) is 0.364. The number of pyridine rings is 2. The number of rotatable bonds is 3. The Balaban J connectivity index is 1.62. The lowest BCUT2D eigenvalue weighted by atomic mass is 9.77. The third kappa shape index (κ3) is 3.72. The largest absolute Gasteiger partial charge is 0.423 e. The molecule has 2 N–H and O–H groups in total. The van der Waals surface area contributed by atoms with Gasteiger partial charge in [-0.25, -0.2) is 9.37 Å². The minimum absolute atomic E-state index is 0.00465. The van der Waals surface area contributed by atoms with Gasteiger partial charge in [-0.05, 0) is 55.4 Å². The van der Waals surface area contributed by atoms with E-state index in [-0.39, 0.29) is 55.4 Å². The van der Waals surface area contributed by atoms with E-state index >= 15 is 4.39 Å². The number of nitrogens with zero attached hydrogens (tertiary/aromatic N) is 3. The average molecular weight is 574 g/mol. The number of aliphatic hydroxyl groups is 2. The monoisotopic (exact) mass is 573 g/mol. The molecule has 3 aromatic rings. The number of hydrogen-bond acceptors (Lipinski definition) is 6. The summed E-state index contributed by atoms with van der Waals surface area (Å²) < 4.78 is 56.3. The van der Waals surface area contributed by atoms with Crippen LogP contribution in [-0.4, -0.2) is 55.7 Å². The van der Waals surface area contributed by atoms with Gasteiger partial charge in [-0.3, -0.25) is 14.4 Å². The minimum atomic E-state index is -5.16. The Bertz CT molecular complexity index is 1750. The maximum Gasteiger partial charge on any atom is 0.423 e. The fourth-order valence-corrected chi connectivity index (χ4v) is 6.79. The molecule has 0 saturated heterocycles. The molecule has 0 saturated carbocycles. The lowest BCUT2D eigenvalue weighted by molar-refractivity contribution is -0.211. The Morgan fingerprint density at radius 2 is 1.90 bits per heavy atom. The van der Waals surface area contributed by atoms with E-state index in [4.69, 9.17) is 4.98 Å². The Morgan fingerprint density at radius 1 is 1.20 bits per heavy atom. The van der Waals surface area contributed by atoms with E-state index in [1.54, 1.807) is 19.9 Å². The van der Waals surface area contributed by atoms with Gasteiger partial charge in [-0.1, -0.05) is 6.92 Å². The summed E-state index contributed by atoms with van der Waals surface area (Å²) in [4.78, 5) is 44.8. The van der Waals surface area contributed by atoms with Gasteiger partial charge in [-0.2, -0.15) is 13.2 Å². The van der Waals surface area contributed by atoms with Gasteiger partial charge >= 0.3 is 6.18 Å². The van der Waals surface area contributed by atoms with Crippen LogP contribution in [0.2, 0.25) is 0 Å². The summed E-state index contributed by atoms with van der Waals surface area (Å²) >= 11 is 0. The Hall–Kier alpha value is -3.64. The third-order valence-corrected chi connectivity index (χ3v) is 9.08. The predicted molar refractivity (Wildman–Crippen MR) is 139 cm³/mol. The highest BCUT2D eigenvalue weighted by Crippen LogP contribution is 2.47. The first-order valence-corrected chi connectivity index (χ1v) is 13.4. The second-order valence-electron chi connectivity index (χ2n) is 11.1. The molecular formula is C29H27F4N3O5. The summed E-state index contributed by atoms with van der Waals surface area (Å²) in [5.41, 5.74) is 0.913. The van der Waals surface area contributed by atoms with Crippen molar-refractivity contribution >= 4 is 22.6 Å². The molecule has 6 rings (SSSR count). The number of likely N-dealkylation sites (N-methyl/N-ethyl adjacent to an activating group) is 1. The minimum Gasteiger partial charge on any atom is -0.377 e. The average Bonchev–Trinajstić information content (AvgIpc) is 3.30. The summed E-state index contributed by atoms with van der Waals surface area (Å²) in [6.45, 7) is 3.23. The van der Waals surface area contributed by atoms with Crippen molar-refractivity contribution in [3.8, 4) is 11.4 Å². The predicted octanol–water partition coefficient (Wildman–Crippen LogP) is 3.35. The van der Waals surface area contributed by atoms with E-state index in [2.05, 4.69) is 0 Å². The van der Waals surface area contributed by atoms with Crippen molar-refractivity contribution in [2.45, 2.75) is 76.4 Å². The molecule has 1 aliphatic heterocycles. The van der Waals surface area contributed by atoms with Gasteiger partial charge in [0.15, 0.2) is 5.78 Å². The molecule has 8 nitrogen and oxygen atoms in total. The molecule has 2 aromatic heterocycles. The van der Waals surface area contributed by atoms with Crippen LogP contribution in [0, 0.1) is 12.7 Å². The lowest BCUT2D eigenvalue weighted by Gasteiger charge is -2.36. The van der Waals surface area contributed by atoms with Crippen molar-refractivity contribution in [3.63, 3.8) is 0 Å². The molecule has 2 aliphatic carbocycles. The third-order valence-electron chi connectivity index (χ3n) is 9.08. The number of carbonyl (C=O) groups excluding carboxylic acids is 2. The molecule has 3 heterocycles. The van der Waals surface area contributed by atoms with Crippen molar-refractivity contribution < 1.29 is 37.4 Å². The van der Waals surface area contributed by atoms with Gasteiger partial charge in [0.05, 0.1) is 29.5 Å². The molecule has 0 bridgehead atoms. The number of Topliss-reactive ketones (excluding diaryl/α,β-unsaturated/α-hetero) is 1. The summed E-state index contributed by atoms with van der Waals surface area (Å²) in [5.74, 6) is -2.45. The van der Waals surface area contributed by atoms with Crippen molar-refractivity contribution in [1.82, 2.24) is 14.5 Å². The number of aromatic nitrogens is 2.